The third-order valence-corrected chi connectivity index (χ3v) is 6.19. The number of para-hydroxylation sites is 5. The van der Waals surface area contributed by atoms with E-state index in [1.807, 2.05) is 36.4 Å². The number of benzene rings is 3. The minimum absolute atomic E-state index is 0.346. The van der Waals surface area contributed by atoms with Crippen molar-refractivity contribution in [1.82, 2.24) is 14.0 Å². The number of hydrogen-bond donors (Lipinski definition) is 1. The van der Waals surface area contributed by atoms with Crippen molar-refractivity contribution < 1.29 is 5.11 Å². The first-order valence-corrected chi connectivity index (χ1v) is 10.6. The zero-order valence-electron chi connectivity index (χ0n) is 16.7. The molecule has 3 aromatic carbocycles. The van der Waals surface area contributed by atoms with Crippen LogP contribution in [-0.4, -0.2) is 45.3 Å². The second kappa shape index (κ2) is 7.97. The van der Waals surface area contributed by atoms with E-state index >= 15 is 0 Å². The van der Waals surface area contributed by atoms with E-state index in [2.05, 4.69) is 55.3 Å². The molecule has 2 heterocycles. The first kappa shape index (κ1) is 18.9. The van der Waals surface area contributed by atoms with E-state index in [1.54, 1.807) is 6.07 Å². The quantitative estimate of drug-likeness (QED) is 0.492. The molecular weight excluding hydrogens is 392 g/mol. The molecule has 1 N–H and O–H groups in total. The van der Waals surface area contributed by atoms with Gasteiger partial charge in [-0.15, -0.1) is 0 Å². The Bertz CT molecular complexity index is 1220. The summed E-state index contributed by atoms with van der Waals surface area (Å²) < 4.78 is 5.20. The van der Waals surface area contributed by atoms with Gasteiger partial charge >= 0.3 is 0 Å². The van der Waals surface area contributed by atoms with Crippen molar-refractivity contribution in [1.29, 1.82) is 0 Å². The molecule has 0 aliphatic carbocycles. The Morgan fingerprint density at radius 2 is 1.37 bits per heavy atom. The molecule has 1 saturated heterocycles. The van der Waals surface area contributed by atoms with Crippen LogP contribution >= 0.6 is 12.2 Å². The Morgan fingerprint density at radius 1 is 0.733 bits per heavy atom. The van der Waals surface area contributed by atoms with Gasteiger partial charge in [-0.05, 0) is 48.6 Å². The van der Waals surface area contributed by atoms with Crippen LogP contribution < -0.4 is 4.90 Å². The summed E-state index contributed by atoms with van der Waals surface area (Å²) in [5, 5.41) is 10.2. The average molecular weight is 417 g/mol. The van der Waals surface area contributed by atoms with Crippen LogP contribution in [0.25, 0.3) is 16.7 Å². The molecule has 1 aliphatic rings. The number of piperazine rings is 1. The highest BCUT2D eigenvalue weighted by atomic mass is 32.1. The molecular formula is C24H24N4OS. The standard InChI is InChI=1S/C24H24N4OS/c29-23-13-7-6-12-22(23)26-16-14-25(15-17-26)18-27-20-10-4-5-11-21(20)28(24(27)30)19-8-2-1-3-9-19/h1-13,29H,14-18H2. The van der Waals surface area contributed by atoms with E-state index in [9.17, 15) is 5.11 Å². The van der Waals surface area contributed by atoms with E-state index in [0.717, 1.165) is 60.0 Å². The normalized spacial score (nSPS) is 15.0. The molecule has 1 aliphatic heterocycles. The zero-order valence-corrected chi connectivity index (χ0v) is 17.5. The molecule has 5 rings (SSSR count). The summed E-state index contributed by atoms with van der Waals surface area (Å²) in [5.74, 6) is 0.346. The topological polar surface area (TPSA) is 36.6 Å². The monoisotopic (exact) mass is 416 g/mol. The molecule has 5 nitrogen and oxygen atoms in total. The van der Waals surface area contributed by atoms with Crippen molar-refractivity contribution in [3.8, 4) is 11.4 Å². The number of anilines is 1. The lowest BCUT2D eigenvalue weighted by molar-refractivity contribution is 0.207. The minimum atomic E-state index is 0.346. The van der Waals surface area contributed by atoms with Gasteiger partial charge in [0, 0.05) is 31.9 Å². The van der Waals surface area contributed by atoms with Gasteiger partial charge in [-0.2, -0.15) is 0 Å². The fraction of sp³-hybridized carbons (Fsp3) is 0.208. The SMILES string of the molecule is Oc1ccccc1N1CCN(Cn2c(=S)n(-c3ccccc3)c3ccccc32)CC1. The minimum Gasteiger partial charge on any atom is -0.506 e. The van der Waals surface area contributed by atoms with Crippen LogP contribution in [0.2, 0.25) is 0 Å². The second-order valence-electron chi connectivity index (χ2n) is 7.61. The largest absolute Gasteiger partial charge is 0.506 e. The van der Waals surface area contributed by atoms with Crippen LogP contribution in [0.1, 0.15) is 0 Å². The Balaban J connectivity index is 1.41. The number of aromatic nitrogens is 2. The molecule has 0 bridgehead atoms. The number of imidazole rings is 1. The summed E-state index contributed by atoms with van der Waals surface area (Å²) >= 11 is 5.92. The predicted molar refractivity (Wildman–Crippen MR) is 124 cm³/mol. The maximum Gasteiger partial charge on any atom is 0.186 e. The van der Waals surface area contributed by atoms with Gasteiger partial charge in [0.2, 0.25) is 0 Å². The second-order valence-corrected chi connectivity index (χ2v) is 7.97. The van der Waals surface area contributed by atoms with Gasteiger partial charge in [-0.25, -0.2) is 0 Å². The number of phenolic OH excluding ortho intramolecular Hbond substituents is 1. The number of rotatable bonds is 4. The Labute approximate surface area is 181 Å². The summed E-state index contributed by atoms with van der Waals surface area (Å²) in [6, 6.07) is 26.3. The van der Waals surface area contributed by atoms with Gasteiger partial charge in [-0.1, -0.05) is 42.5 Å². The number of phenols is 1. The summed E-state index contributed by atoms with van der Waals surface area (Å²) in [5.41, 5.74) is 4.27. The van der Waals surface area contributed by atoms with Crippen molar-refractivity contribution in [3.05, 3.63) is 83.6 Å². The average Bonchev–Trinajstić information content (AvgIpc) is 3.07. The lowest BCUT2D eigenvalue weighted by atomic mass is 10.2. The highest BCUT2D eigenvalue weighted by molar-refractivity contribution is 7.71. The number of aromatic hydroxyl groups is 1. The summed E-state index contributed by atoms with van der Waals surface area (Å²) in [4.78, 5) is 4.67. The molecule has 0 saturated carbocycles. The highest BCUT2D eigenvalue weighted by Gasteiger charge is 2.21. The molecule has 0 unspecified atom stereocenters. The van der Waals surface area contributed by atoms with E-state index in [-0.39, 0.29) is 0 Å². The highest BCUT2D eigenvalue weighted by Crippen LogP contribution is 2.28. The molecule has 0 atom stereocenters. The van der Waals surface area contributed by atoms with E-state index < -0.39 is 0 Å². The van der Waals surface area contributed by atoms with Gasteiger partial charge in [0.05, 0.1) is 23.4 Å². The van der Waals surface area contributed by atoms with Gasteiger partial charge < -0.3 is 14.6 Å². The van der Waals surface area contributed by atoms with Crippen molar-refractivity contribution in [2.45, 2.75) is 6.67 Å². The zero-order chi connectivity index (χ0) is 20.5. The van der Waals surface area contributed by atoms with Crippen molar-refractivity contribution in [2.24, 2.45) is 0 Å². The van der Waals surface area contributed by atoms with Gasteiger partial charge in [0.25, 0.3) is 0 Å². The van der Waals surface area contributed by atoms with Crippen molar-refractivity contribution in [3.63, 3.8) is 0 Å². The van der Waals surface area contributed by atoms with Crippen molar-refractivity contribution in [2.75, 3.05) is 31.1 Å². The van der Waals surface area contributed by atoms with Crippen LogP contribution in [0.4, 0.5) is 5.69 Å². The van der Waals surface area contributed by atoms with Crippen LogP contribution in [0, 0.1) is 4.77 Å². The summed E-state index contributed by atoms with van der Waals surface area (Å²) in [7, 11) is 0. The smallest absolute Gasteiger partial charge is 0.186 e. The van der Waals surface area contributed by atoms with E-state index in [4.69, 9.17) is 12.2 Å². The fourth-order valence-electron chi connectivity index (χ4n) is 4.23. The third kappa shape index (κ3) is 3.38. The number of fused-ring (bicyclic) bond motifs is 1. The molecule has 1 fully saturated rings. The molecule has 6 heteroatoms. The third-order valence-electron chi connectivity index (χ3n) is 5.79. The van der Waals surface area contributed by atoms with Crippen LogP contribution in [0.15, 0.2) is 78.9 Å². The molecule has 0 amide bonds. The first-order chi connectivity index (χ1) is 14.7. The summed E-state index contributed by atoms with van der Waals surface area (Å²) in [6.45, 7) is 4.35. The van der Waals surface area contributed by atoms with E-state index in [1.165, 1.54) is 0 Å². The van der Waals surface area contributed by atoms with Crippen molar-refractivity contribution >= 4 is 28.9 Å². The molecule has 1 aromatic heterocycles. The first-order valence-electron chi connectivity index (χ1n) is 10.2. The van der Waals surface area contributed by atoms with Gasteiger partial charge in [0.15, 0.2) is 4.77 Å². The summed E-state index contributed by atoms with van der Waals surface area (Å²) in [6.07, 6.45) is 0. The molecule has 0 radical (unpaired) electrons. The van der Waals surface area contributed by atoms with Crippen LogP contribution in [-0.2, 0) is 6.67 Å². The molecule has 152 valence electrons. The Hall–Kier alpha value is -3.09. The number of nitrogens with zero attached hydrogens (tertiary/aromatic N) is 4. The van der Waals surface area contributed by atoms with Crippen LogP contribution in [0.3, 0.4) is 0 Å². The lowest BCUT2D eigenvalue weighted by Crippen LogP contribution is -2.46. The fourth-order valence-corrected chi connectivity index (χ4v) is 4.59. The van der Waals surface area contributed by atoms with E-state index in [0.29, 0.717) is 5.75 Å². The van der Waals surface area contributed by atoms with Crippen LogP contribution in [0.5, 0.6) is 5.75 Å². The lowest BCUT2D eigenvalue weighted by Gasteiger charge is -2.36. The maximum absolute atomic E-state index is 10.2. The Morgan fingerprint density at radius 3 is 2.10 bits per heavy atom. The molecule has 4 aromatic rings. The maximum atomic E-state index is 10.2. The molecule has 0 spiro atoms. The number of hydrogen-bond acceptors (Lipinski definition) is 4. The predicted octanol–water partition coefficient (Wildman–Crippen LogP) is 4.65. The Kier molecular flexibility index (Phi) is 5.02. The van der Waals surface area contributed by atoms with Gasteiger partial charge in [-0.3, -0.25) is 9.47 Å². The van der Waals surface area contributed by atoms with Gasteiger partial charge in [0.1, 0.15) is 5.75 Å². The molecule has 30 heavy (non-hydrogen) atoms.